The van der Waals surface area contributed by atoms with Gasteiger partial charge in [0.25, 0.3) is 0 Å². The second-order valence-corrected chi connectivity index (χ2v) is 5.48. The summed E-state index contributed by atoms with van der Waals surface area (Å²) in [5.41, 5.74) is 5.28. The number of carbonyl (C=O) groups is 2. The Morgan fingerprint density at radius 3 is 2.39 bits per heavy atom. The minimum Gasteiger partial charge on any atom is -0.370 e. The summed E-state index contributed by atoms with van der Waals surface area (Å²) in [6.45, 7) is 0.349. The number of likely N-dealkylation sites (N-methyl/N-ethyl adjacent to an activating group) is 1. The zero-order chi connectivity index (χ0) is 13.5. The average molecular weight is 255 g/mol. The van der Waals surface area contributed by atoms with Crippen LogP contribution in [-0.2, 0) is 9.59 Å². The lowest BCUT2D eigenvalue weighted by Crippen LogP contribution is -2.46. The monoisotopic (exact) mass is 255 g/mol. The molecule has 1 aliphatic carbocycles. The number of nitrogens with zero attached hydrogens (tertiary/aromatic N) is 1. The normalized spacial score (nSPS) is 18.6. The maximum absolute atomic E-state index is 11.8. The van der Waals surface area contributed by atoms with Crippen LogP contribution in [0.25, 0.3) is 0 Å². The summed E-state index contributed by atoms with van der Waals surface area (Å²) in [4.78, 5) is 24.7. The lowest BCUT2D eigenvalue weighted by molar-refractivity contribution is -0.123. The maximum atomic E-state index is 11.8. The number of amides is 2. The molecule has 18 heavy (non-hydrogen) atoms. The van der Waals surface area contributed by atoms with Crippen molar-refractivity contribution in [2.45, 2.75) is 44.6 Å². The minimum atomic E-state index is -0.337. The van der Waals surface area contributed by atoms with Gasteiger partial charge in [0.05, 0.1) is 6.54 Å². The van der Waals surface area contributed by atoms with Crippen molar-refractivity contribution < 1.29 is 9.59 Å². The third-order valence-corrected chi connectivity index (χ3v) is 3.45. The van der Waals surface area contributed by atoms with Crippen molar-refractivity contribution in [2.24, 2.45) is 11.7 Å². The van der Waals surface area contributed by atoms with Crippen molar-refractivity contribution in [1.82, 2.24) is 10.2 Å². The molecule has 0 heterocycles. The topological polar surface area (TPSA) is 75.4 Å². The molecule has 104 valence electrons. The maximum Gasteiger partial charge on any atom is 0.234 e. The third kappa shape index (κ3) is 5.49. The Morgan fingerprint density at radius 1 is 1.28 bits per heavy atom. The van der Waals surface area contributed by atoms with Crippen molar-refractivity contribution in [2.75, 3.05) is 20.6 Å². The predicted octanol–water partition coefficient (Wildman–Crippen LogP) is 0.489. The van der Waals surface area contributed by atoms with E-state index in [1.54, 1.807) is 0 Å². The number of rotatable bonds is 6. The molecule has 0 aliphatic heterocycles. The molecule has 5 nitrogen and oxygen atoms in total. The molecule has 1 atom stereocenters. The van der Waals surface area contributed by atoms with E-state index in [9.17, 15) is 9.59 Å². The molecular formula is C13H25N3O2. The van der Waals surface area contributed by atoms with Crippen molar-refractivity contribution in [3.05, 3.63) is 0 Å². The second-order valence-electron chi connectivity index (χ2n) is 5.48. The first-order valence-electron chi connectivity index (χ1n) is 6.71. The molecule has 0 bridgehead atoms. The summed E-state index contributed by atoms with van der Waals surface area (Å²) < 4.78 is 0. The van der Waals surface area contributed by atoms with Crippen molar-refractivity contribution in [3.63, 3.8) is 0 Å². The first-order valence-corrected chi connectivity index (χ1v) is 6.71. The third-order valence-electron chi connectivity index (χ3n) is 3.45. The standard InChI is InChI=1S/C13H25N3O2/c1-16(2)9-13(18)15-11(8-12(14)17)10-6-4-3-5-7-10/h10-11H,3-9H2,1-2H3,(H2,14,17)(H,15,18)/t11-/m1/s1. The van der Waals surface area contributed by atoms with Crippen molar-refractivity contribution in [1.29, 1.82) is 0 Å². The van der Waals surface area contributed by atoms with Gasteiger partial charge in [0, 0.05) is 12.5 Å². The number of hydrogen-bond donors (Lipinski definition) is 2. The van der Waals surface area contributed by atoms with Crippen LogP contribution in [0.4, 0.5) is 0 Å². The zero-order valence-corrected chi connectivity index (χ0v) is 11.4. The number of hydrogen-bond acceptors (Lipinski definition) is 3. The second kappa shape index (κ2) is 7.36. The molecule has 1 aliphatic rings. The lowest BCUT2D eigenvalue weighted by atomic mass is 9.82. The van der Waals surface area contributed by atoms with E-state index >= 15 is 0 Å². The van der Waals surface area contributed by atoms with Crippen molar-refractivity contribution in [3.8, 4) is 0 Å². The van der Waals surface area contributed by atoms with Gasteiger partial charge in [-0.1, -0.05) is 19.3 Å². The van der Waals surface area contributed by atoms with E-state index in [0.29, 0.717) is 12.5 Å². The Hall–Kier alpha value is -1.10. The van der Waals surface area contributed by atoms with Crippen LogP contribution in [0.15, 0.2) is 0 Å². The smallest absolute Gasteiger partial charge is 0.234 e. The average Bonchev–Trinajstić information content (AvgIpc) is 2.27. The molecule has 2 amide bonds. The Balaban J connectivity index is 2.53. The van der Waals surface area contributed by atoms with Crippen molar-refractivity contribution >= 4 is 11.8 Å². The minimum absolute atomic E-state index is 0.0307. The SMILES string of the molecule is CN(C)CC(=O)N[C@H](CC(N)=O)C1CCCCC1. The zero-order valence-electron chi connectivity index (χ0n) is 11.4. The molecule has 3 N–H and O–H groups in total. The van der Waals surface area contributed by atoms with E-state index < -0.39 is 0 Å². The van der Waals surface area contributed by atoms with Crippen LogP contribution in [0.2, 0.25) is 0 Å². The Bertz CT molecular complexity index is 286. The van der Waals surface area contributed by atoms with Crippen LogP contribution in [0, 0.1) is 5.92 Å². The van der Waals surface area contributed by atoms with Crippen LogP contribution < -0.4 is 11.1 Å². The summed E-state index contributed by atoms with van der Waals surface area (Å²) in [7, 11) is 3.70. The van der Waals surface area contributed by atoms with Gasteiger partial charge in [0.2, 0.25) is 11.8 Å². The van der Waals surface area contributed by atoms with Crippen LogP contribution in [-0.4, -0.2) is 43.4 Å². The van der Waals surface area contributed by atoms with Gasteiger partial charge in [-0.15, -0.1) is 0 Å². The molecule has 1 rings (SSSR count). The van der Waals surface area contributed by atoms with Gasteiger partial charge in [-0.05, 0) is 32.9 Å². The molecule has 0 radical (unpaired) electrons. The van der Waals surface area contributed by atoms with Gasteiger partial charge >= 0.3 is 0 Å². The fraction of sp³-hybridized carbons (Fsp3) is 0.846. The summed E-state index contributed by atoms with van der Waals surface area (Å²) in [5.74, 6) is 0.0323. The largest absolute Gasteiger partial charge is 0.370 e. The molecule has 0 aromatic heterocycles. The van der Waals surface area contributed by atoms with Gasteiger partial charge in [-0.25, -0.2) is 0 Å². The summed E-state index contributed by atoms with van der Waals surface area (Å²) >= 11 is 0. The van der Waals surface area contributed by atoms with Gasteiger partial charge < -0.3 is 16.0 Å². The molecule has 0 aromatic rings. The number of nitrogens with two attached hydrogens (primary N) is 1. The molecule has 0 spiro atoms. The summed E-state index contributed by atoms with van der Waals surface area (Å²) in [6.07, 6.45) is 6.04. The van der Waals surface area contributed by atoms with E-state index in [2.05, 4.69) is 5.32 Å². The first kappa shape index (κ1) is 15.0. The van der Waals surface area contributed by atoms with E-state index in [0.717, 1.165) is 12.8 Å². The Kier molecular flexibility index (Phi) is 6.12. The van der Waals surface area contributed by atoms with Gasteiger partial charge in [-0.3, -0.25) is 9.59 Å². The Morgan fingerprint density at radius 2 is 1.89 bits per heavy atom. The fourth-order valence-corrected chi connectivity index (χ4v) is 2.63. The number of primary amides is 1. The van der Waals surface area contributed by atoms with E-state index in [1.165, 1.54) is 19.3 Å². The predicted molar refractivity (Wildman–Crippen MR) is 70.9 cm³/mol. The number of carbonyl (C=O) groups excluding carboxylic acids is 2. The highest BCUT2D eigenvalue weighted by atomic mass is 16.2. The first-order chi connectivity index (χ1) is 8.49. The molecule has 5 heteroatoms. The molecule has 1 saturated carbocycles. The molecule has 1 fully saturated rings. The quantitative estimate of drug-likeness (QED) is 0.725. The summed E-state index contributed by atoms with van der Waals surface area (Å²) in [6, 6.07) is -0.0877. The Labute approximate surface area is 109 Å². The van der Waals surface area contributed by atoms with Crippen LogP contribution in [0.1, 0.15) is 38.5 Å². The molecule has 0 aromatic carbocycles. The van der Waals surface area contributed by atoms with Gasteiger partial charge in [0.1, 0.15) is 0 Å². The van der Waals surface area contributed by atoms with E-state index in [1.807, 2.05) is 19.0 Å². The van der Waals surface area contributed by atoms with Crippen LogP contribution >= 0.6 is 0 Å². The molecule has 0 unspecified atom stereocenters. The van der Waals surface area contributed by atoms with Gasteiger partial charge in [-0.2, -0.15) is 0 Å². The molecular weight excluding hydrogens is 230 g/mol. The number of nitrogens with one attached hydrogen (secondary N) is 1. The fourth-order valence-electron chi connectivity index (χ4n) is 2.63. The van der Waals surface area contributed by atoms with Crippen LogP contribution in [0.5, 0.6) is 0 Å². The lowest BCUT2D eigenvalue weighted by Gasteiger charge is -2.30. The van der Waals surface area contributed by atoms with Gasteiger partial charge in [0.15, 0.2) is 0 Å². The highest BCUT2D eigenvalue weighted by molar-refractivity contribution is 5.80. The highest BCUT2D eigenvalue weighted by Gasteiger charge is 2.26. The van der Waals surface area contributed by atoms with E-state index in [-0.39, 0.29) is 24.3 Å². The highest BCUT2D eigenvalue weighted by Crippen LogP contribution is 2.27. The molecule has 0 saturated heterocycles. The summed E-state index contributed by atoms with van der Waals surface area (Å²) in [5, 5.41) is 2.97. The van der Waals surface area contributed by atoms with Crippen LogP contribution in [0.3, 0.4) is 0 Å². The van der Waals surface area contributed by atoms with E-state index in [4.69, 9.17) is 5.73 Å².